The Hall–Kier alpha value is -1.88. The Morgan fingerprint density at radius 3 is 2.38 bits per heavy atom. The third-order valence-electron chi connectivity index (χ3n) is 2.26. The van der Waals surface area contributed by atoms with Crippen LogP contribution in [-0.4, -0.2) is 29.7 Å². The van der Waals surface area contributed by atoms with Gasteiger partial charge in [-0.15, -0.1) is 0 Å². The normalized spacial score (nSPS) is 13.9. The van der Waals surface area contributed by atoms with E-state index in [9.17, 15) is 9.59 Å². The van der Waals surface area contributed by atoms with Crippen molar-refractivity contribution in [1.29, 1.82) is 0 Å². The molecular weight excluding hydrogens is 210 g/mol. The van der Waals surface area contributed by atoms with E-state index in [2.05, 4.69) is 4.74 Å². The first-order chi connectivity index (χ1) is 7.50. The molecule has 1 aromatic carbocycles. The van der Waals surface area contributed by atoms with Crippen LogP contribution in [0.15, 0.2) is 30.3 Å². The molecule has 0 aliphatic heterocycles. The van der Waals surface area contributed by atoms with Gasteiger partial charge in [-0.1, -0.05) is 30.3 Å². The van der Waals surface area contributed by atoms with Crippen LogP contribution < -0.4 is 5.73 Å². The molecule has 86 valence electrons. The lowest BCUT2D eigenvalue weighted by Crippen LogP contribution is -2.57. The Morgan fingerprint density at radius 1 is 1.38 bits per heavy atom. The highest BCUT2D eigenvalue weighted by atomic mass is 16.5. The van der Waals surface area contributed by atoms with Gasteiger partial charge in [-0.05, 0) is 5.56 Å². The van der Waals surface area contributed by atoms with Crippen LogP contribution in [-0.2, 0) is 20.7 Å². The number of carbonyl (C=O) groups is 2. The minimum atomic E-state index is -2.03. The van der Waals surface area contributed by atoms with Crippen molar-refractivity contribution in [1.82, 2.24) is 0 Å². The van der Waals surface area contributed by atoms with E-state index in [0.29, 0.717) is 5.56 Å². The maximum absolute atomic E-state index is 11.4. The summed E-state index contributed by atoms with van der Waals surface area (Å²) in [6.45, 7) is 0. The maximum atomic E-state index is 11.4. The van der Waals surface area contributed by atoms with Gasteiger partial charge in [-0.25, -0.2) is 9.59 Å². The number of nitrogens with two attached hydrogens (primary N) is 1. The molecular formula is C11H13NO4. The highest BCUT2D eigenvalue weighted by molar-refractivity contribution is 6.04. The van der Waals surface area contributed by atoms with Gasteiger partial charge >= 0.3 is 11.9 Å². The summed E-state index contributed by atoms with van der Waals surface area (Å²) in [6, 6.07) is 8.69. The molecule has 0 aliphatic carbocycles. The van der Waals surface area contributed by atoms with Crippen molar-refractivity contribution >= 4 is 11.9 Å². The largest absolute Gasteiger partial charge is 0.479 e. The molecule has 1 unspecified atom stereocenters. The van der Waals surface area contributed by atoms with E-state index in [1.165, 1.54) is 0 Å². The third-order valence-corrected chi connectivity index (χ3v) is 2.26. The predicted octanol–water partition coefficient (Wildman–Crippen LogP) is 0.184. The fourth-order valence-corrected chi connectivity index (χ4v) is 1.34. The molecule has 1 rings (SSSR count). The fraction of sp³-hybridized carbons (Fsp3) is 0.273. The van der Waals surface area contributed by atoms with Crippen LogP contribution in [0.3, 0.4) is 0 Å². The first-order valence-electron chi connectivity index (χ1n) is 4.65. The Morgan fingerprint density at radius 2 is 1.94 bits per heavy atom. The van der Waals surface area contributed by atoms with E-state index >= 15 is 0 Å². The summed E-state index contributed by atoms with van der Waals surface area (Å²) >= 11 is 0. The average molecular weight is 223 g/mol. The molecule has 0 aromatic heterocycles. The number of ether oxygens (including phenoxy) is 1. The first-order valence-corrected chi connectivity index (χ1v) is 4.65. The second-order valence-electron chi connectivity index (χ2n) is 3.43. The SMILES string of the molecule is COC(=O)C(N)(Cc1ccccc1)C(=O)O. The van der Waals surface area contributed by atoms with Crippen molar-refractivity contribution < 1.29 is 19.4 Å². The van der Waals surface area contributed by atoms with Crippen LogP contribution in [0.5, 0.6) is 0 Å². The lowest BCUT2D eigenvalue weighted by molar-refractivity contribution is -0.159. The average Bonchev–Trinajstić information content (AvgIpc) is 2.28. The van der Waals surface area contributed by atoms with Gasteiger partial charge in [0.1, 0.15) is 0 Å². The zero-order valence-corrected chi connectivity index (χ0v) is 8.84. The summed E-state index contributed by atoms with van der Waals surface area (Å²) in [5, 5.41) is 8.97. The summed E-state index contributed by atoms with van der Waals surface area (Å²) in [5.74, 6) is -2.35. The zero-order chi connectivity index (χ0) is 12.2. The van der Waals surface area contributed by atoms with Gasteiger partial charge in [0.2, 0.25) is 5.54 Å². The number of carbonyl (C=O) groups excluding carboxylic acids is 1. The molecule has 3 N–H and O–H groups in total. The van der Waals surface area contributed by atoms with Gasteiger partial charge in [0.25, 0.3) is 0 Å². The number of methoxy groups -OCH3 is 1. The van der Waals surface area contributed by atoms with Crippen molar-refractivity contribution in [2.24, 2.45) is 5.73 Å². The topological polar surface area (TPSA) is 89.6 Å². The van der Waals surface area contributed by atoms with Gasteiger partial charge in [0.05, 0.1) is 7.11 Å². The fourth-order valence-electron chi connectivity index (χ4n) is 1.34. The Labute approximate surface area is 92.8 Å². The predicted molar refractivity (Wildman–Crippen MR) is 56.7 cm³/mol. The monoisotopic (exact) mass is 223 g/mol. The van der Waals surface area contributed by atoms with Crippen molar-refractivity contribution in [3.8, 4) is 0 Å². The second-order valence-corrected chi connectivity index (χ2v) is 3.43. The van der Waals surface area contributed by atoms with Gasteiger partial charge in [0.15, 0.2) is 0 Å². The molecule has 0 aliphatic rings. The van der Waals surface area contributed by atoms with E-state index in [0.717, 1.165) is 7.11 Å². The van der Waals surface area contributed by atoms with Crippen molar-refractivity contribution in [2.45, 2.75) is 12.0 Å². The molecule has 0 amide bonds. The summed E-state index contributed by atoms with van der Waals surface area (Å²) in [4.78, 5) is 22.4. The van der Waals surface area contributed by atoms with Crippen LogP contribution in [0.2, 0.25) is 0 Å². The molecule has 1 aromatic rings. The number of benzene rings is 1. The van der Waals surface area contributed by atoms with Gasteiger partial charge in [0, 0.05) is 6.42 Å². The highest BCUT2D eigenvalue weighted by Gasteiger charge is 2.43. The Bertz CT molecular complexity index is 390. The molecule has 1 atom stereocenters. The van der Waals surface area contributed by atoms with Gasteiger partial charge in [-0.2, -0.15) is 0 Å². The third kappa shape index (κ3) is 2.38. The molecule has 0 fully saturated rings. The highest BCUT2D eigenvalue weighted by Crippen LogP contribution is 2.13. The molecule has 0 saturated heterocycles. The Balaban J connectivity index is 2.97. The summed E-state index contributed by atoms with van der Waals surface area (Å²) in [5.41, 5.74) is 4.19. The number of rotatable bonds is 4. The molecule has 0 saturated carbocycles. The van der Waals surface area contributed by atoms with Crippen LogP contribution >= 0.6 is 0 Å². The minimum absolute atomic E-state index is 0.101. The quantitative estimate of drug-likeness (QED) is 0.561. The number of carboxylic acid groups (broad SMARTS) is 1. The van der Waals surface area contributed by atoms with Gasteiger partial charge in [-0.3, -0.25) is 0 Å². The molecule has 0 radical (unpaired) electrons. The first kappa shape index (κ1) is 12.2. The van der Waals surface area contributed by atoms with Crippen LogP contribution in [0, 0.1) is 0 Å². The van der Waals surface area contributed by atoms with Gasteiger partial charge < -0.3 is 15.6 Å². The standard InChI is InChI=1S/C11H13NO4/c1-16-10(15)11(12,9(13)14)7-8-5-3-2-4-6-8/h2-6H,7,12H2,1H3,(H,13,14). The molecule has 16 heavy (non-hydrogen) atoms. The second kappa shape index (κ2) is 4.76. The van der Waals surface area contributed by atoms with E-state index in [1.807, 2.05) is 0 Å². The lowest BCUT2D eigenvalue weighted by Gasteiger charge is -2.21. The number of aliphatic carboxylic acids is 1. The number of hydrogen-bond donors (Lipinski definition) is 2. The van der Waals surface area contributed by atoms with E-state index < -0.39 is 17.5 Å². The Kier molecular flexibility index (Phi) is 3.63. The van der Waals surface area contributed by atoms with E-state index in [4.69, 9.17) is 10.8 Å². The van der Waals surface area contributed by atoms with Crippen LogP contribution in [0.4, 0.5) is 0 Å². The molecule has 0 heterocycles. The van der Waals surface area contributed by atoms with Crippen molar-refractivity contribution in [2.75, 3.05) is 7.11 Å². The summed E-state index contributed by atoms with van der Waals surface area (Å²) in [7, 11) is 1.11. The molecule has 5 heteroatoms. The summed E-state index contributed by atoms with van der Waals surface area (Å²) in [6.07, 6.45) is -0.101. The number of hydrogen-bond acceptors (Lipinski definition) is 4. The van der Waals surface area contributed by atoms with E-state index in [1.54, 1.807) is 30.3 Å². The lowest BCUT2D eigenvalue weighted by atomic mass is 9.92. The molecule has 0 spiro atoms. The molecule has 0 bridgehead atoms. The zero-order valence-electron chi connectivity index (χ0n) is 8.84. The van der Waals surface area contributed by atoms with Crippen LogP contribution in [0.1, 0.15) is 5.56 Å². The van der Waals surface area contributed by atoms with Crippen molar-refractivity contribution in [3.63, 3.8) is 0 Å². The number of carboxylic acids is 1. The van der Waals surface area contributed by atoms with Crippen molar-refractivity contribution in [3.05, 3.63) is 35.9 Å². The maximum Gasteiger partial charge on any atom is 0.337 e. The van der Waals surface area contributed by atoms with E-state index in [-0.39, 0.29) is 6.42 Å². The molecule has 5 nitrogen and oxygen atoms in total. The van der Waals surface area contributed by atoms with Crippen LogP contribution in [0.25, 0.3) is 0 Å². The summed E-state index contributed by atoms with van der Waals surface area (Å²) < 4.78 is 4.40. The smallest absolute Gasteiger partial charge is 0.337 e. The minimum Gasteiger partial charge on any atom is -0.479 e. The number of esters is 1.